The fourth-order valence-electron chi connectivity index (χ4n) is 4.91. The van der Waals surface area contributed by atoms with Gasteiger partial charge in [0.15, 0.2) is 0 Å². The summed E-state index contributed by atoms with van der Waals surface area (Å²) in [7, 11) is 1.18. The van der Waals surface area contributed by atoms with E-state index in [0.717, 1.165) is 28.8 Å². The first-order valence-corrected chi connectivity index (χ1v) is 12.4. The van der Waals surface area contributed by atoms with E-state index in [-0.39, 0.29) is 18.4 Å². The highest BCUT2D eigenvalue weighted by atomic mass is 19.4. The second-order valence-corrected chi connectivity index (χ2v) is 9.23. The number of hydrogen-bond donors (Lipinski definition) is 1. The average Bonchev–Trinajstić information content (AvgIpc) is 2.96. The number of esters is 1. The molecule has 0 heterocycles. The lowest BCUT2D eigenvalue weighted by Crippen LogP contribution is -2.46. The molecule has 1 atom stereocenters. The van der Waals surface area contributed by atoms with Crippen molar-refractivity contribution in [2.45, 2.75) is 30.5 Å². The van der Waals surface area contributed by atoms with Crippen LogP contribution in [0.15, 0.2) is 115 Å². The van der Waals surface area contributed by atoms with Crippen LogP contribution in [-0.4, -0.2) is 25.0 Å². The zero-order chi connectivity index (χ0) is 27.9. The van der Waals surface area contributed by atoms with Gasteiger partial charge in [0.25, 0.3) is 0 Å². The van der Waals surface area contributed by atoms with Crippen LogP contribution in [0.25, 0.3) is 0 Å². The molecular formula is C32H28F3NO3. The molecule has 0 saturated carbocycles. The molecule has 0 bridgehead atoms. The largest absolute Gasteiger partial charge is 0.467 e. The lowest BCUT2D eigenvalue weighted by molar-refractivity contribution is -0.145. The highest BCUT2D eigenvalue weighted by Crippen LogP contribution is 2.42. The molecule has 0 aliphatic rings. The van der Waals surface area contributed by atoms with E-state index in [0.29, 0.717) is 0 Å². The molecule has 0 aliphatic heterocycles. The highest BCUT2D eigenvalue weighted by Gasteiger charge is 2.39. The molecule has 0 fully saturated rings. The van der Waals surface area contributed by atoms with Crippen molar-refractivity contribution >= 4 is 11.9 Å². The zero-order valence-electron chi connectivity index (χ0n) is 21.3. The molecule has 4 nitrogen and oxygen atoms in total. The Morgan fingerprint density at radius 2 is 1.18 bits per heavy atom. The number of ether oxygens (including phenoxy) is 1. The molecule has 0 radical (unpaired) electrons. The Morgan fingerprint density at radius 1 is 0.718 bits per heavy atom. The minimum atomic E-state index is -4.53. The third-order valence-electron chi connectivity index (χ3n) is 6.74. The second kappa shape index (κ2) is 12.0. The Morgan fingerprint density at radius 3 is 1.62 bits per heavy atom. The maximum Gasteiger partial charge on any atom is 0.416 e. The number of amides is 1. The predicted octanol–water partition coefficient (Wildman–Crippen LogP) is 6.33. The van der Waals surface area contributed by atoms with Crippen LogP contribution in [0, 0.1) is 0 Å². The summed E-state index contributed by atoms with van der Waals surface area (Å²) in [5.41, 5.74) is 1.16. The van der Waals surface area contributed by atoms with Crippen molar-refractivity contribution in [3.63, 3.8) is 0 Å². The summed E-state index contributed by atoms with van der Waals surface area (Å²) >= 11 is 0. The molecule has 0 aliphatic carbocycles. The highest BCUT2D eigenvalue weighted by molar-refractivity contribution is 5.86. The van der Waals surface area contributed by atoms with Crippen molar-refractivity contribution in [3.05, 3.63) is 143 Å². The zero-order valence-corrected chi connectivity index (χ0v) is 21.3. The number of benzene rings is 4. The van der Waals surface area contributed by atoms with Gasteiger partial charge in [0.1, 0.15) is 6.04 Å². The van der Waals surface area contributed by atoms with Crippen molar-refractivity contribution < 1.29 is 27.5 Å². The molecule has 1 amide bonds. The SMILES string of the molecule is COC(=O)[C@H](Cc1cccc(C(F)(F)F)c1)NC(=O)CC(c1ccccc1)(c1ccccc1)c1ccccc1. The van der Waals surface area contributed by atoms with Gasteiger partial charge in [-0.2, -0.15) is 13.2 Å². The average molecular weight is 532 g/mol. The minimum Gasteiger partial charge on any atom is -0.467 e. The fourth-order valence-corrected chi connectivity index (χ4v) is 4.91. The van der Waals surface area contributed by atoms with E-state index in [4.69, 9.17) is 4.74 Å². The van der Waals surface area contributed by atoms with Crippen LogP contribution in [0.4, 0.5) is 13.2 Å². The van der Waals surface area contributed by atoms with Gasteiger partial charge in [-0.05, 0) is 28.3 Å². The van der Waals surface area contributed by atoms with Crippen molar-refractivity contribution in [3.8, 4) is 0 Å². The molecule has 4 aromatic rings. The lowest BCUT2D eigenvalue weighted by Gasteiger charge is -2.36. The van der Waals surface area contributed by atoms with Crippen molar-refractivity contribution in [1.82, 2.24) is 5.32 Å². The number of rotatable bonds is 9. The standard InChI is InChI=1S/C32H28F3NO3/c1-39-30(38)28(21-23-12-11-19-27(20-23)32(33,34)35)36-29(37)22-31(24-13-5-2-6-14-24,25-15-7-3-8-16-25)26-17-9-4-10-18-26/h2-20,28H,21-22H2,1H3,(H,36,37)/t28-/m0/s1. The topological polar surface area (TPSA) is 55.4 Å². The van der Waals surface area contributed by atoms with E-state index in [1.54, 1.807) is 0 Å². The summed E-state index contributed by atoms with van der Waals surface area (Å²) in [5, 5.41) is 2.74. The summed E-state index contributed by atoms with van der Waals surface area (Å²) in [5.74, 6) is -1.19. The first-order chi connectivity index (χ1) is 18.7. The van der Waals surface area contributed by atoms with Gasteiger partial charge >= 0.3 is 12.1 Å². The Hall–Kier alpha value is -4.39. The summed E-state index contributed by atoms with van der Waals surface area (Å²) in [6.07, 6.45) is -4.74. The Kier molecular flexibility index (Phi) is 8.49. The van der Waals surface area contributed by atoms with Gasteiger partial charge in [0.05, 0.1) is 18.1 Å². The quantitative estimate of drug-likeness (QED) is 0.203. The molecule has 0 spiro atoms. The van der Waals surface area contributed by atoms with Gasteiger partial charge in [-0.25, -0.2) is 4.79 Å². The maximum absolute atomic E-state index is 13.7. The van der Waals surface area contributed by atoms with E-state index >= 15 is 0 Å². The summed E-state index contributed by atoms with van der Waals surface area (Å²) in [4.78, 5) is 26.4. The van der Waals surface area contributed by atoms with Crippen molar-refractivity contribution in [2.24, 2.45) is 0 Å². The molecule has 7 heteroatoms. The summed E-state index contributed by atoms with van der Waals surface area (Å²) in [6.45, 7) is 0. The summed E-state index contributed by atoms with van der Waals surface area (Å²) in [6, 6.07) is 32.3. The van der Waals surface area contributed by atoms with Gasteiger partial charge in [-0.1, -0.05) is 109 Å². The summed E-state index contributed by atoms with van der Waals surface area (Å²) < 4.78 is 44.6. The number of alkyl halides is 3. The van der Waals surface area contributed by atoms with E-state index < -0.39 is 35.1 Å². The minimum absolute atomic E-state index is 0.0544. The normalized spacial score (nSPS) is 12.4. The van der Waals surface area contributed by atoms with E-state index in [1.807, 2.05) is 91.0 Å². The number of halogens is 3. The smallest absolute Gasteiger partial charge is 0.416 e. The van der Waals surface area contributed by atoms with Crippen molar-refractivity contribution in [2.75, 3.05) is 7.11 Å². The first kappa shape index (κ1) is 27.6. The number of carbonyl (C=O) groups excluding carboxylic acids is 2. The van der Waals surface area contributed by atoms with Crippen LogP contribution in [-0.2, 0) is 32.3 Å². The van der Waals surface area contributed by atoms with Crippen LogP contribution in [0.3, 0.4) is 0 Å². The number of nitrogens with one attached hydrogen (secondary N) is 1. The van der Waals surface area contributed by atoms with E-state index in [2.05, 4.69) is 5.32 Å². The molecule has 0 unspecified atom stereocenters. The Labute approximate surface area is 225 Å². The van der Waals surface area contributed by atoms with Crippen LogP contribution in [0.5, 0.6) is 0 Å². The van der Waals surface area contributed by atoms with Crippen molar-refractivity contribution in [1.29, 1.82) is 0 Å². The molecular weight excluding hydrogens is 503 g/mol. The molecule has 0 saturated heterocycles. The third-order valence-corrected chi connectivity index (χ3v) is 6.74. The molecule has 0 aromatic heterocycles. The Bertz CT molecular complexity index is 1290. The van der Waals surface area contributed by atoms with Crippen LogP contribution in [0.2, 0.25) is 0 Å². The predicted molar refractivity (Wildman–Crippen MR) is 143 cm³/mol. The Balaban J connectivity index is 1.71. The lowest BCUT2D eigenvalue weighted by atomic mass is 9.67. The fraction of sp³-hybridized carbons (Fsp3) is 0.188. The van der Waals surface area contributed by atoms with E-state index in [1.165, 1.54) is 19.2 Å². The number of hydrogen-bond acceptors (Lipinski definition) is 3. The second-order valence-electron chi connectivity index (χ2n) is 9.23. The van der Waals surface area contributed by atoms with Gasteiger partial charge in [-0.3, -0.25) is 4.79 Å². The molecule has 39 heavy (non-hydrogen) atoms. The van der Waals surface area contributed by atoms with Crippen LogP contribution >= 0.6 is 0 Å². The maximum atomic E-state index is 13.7. The number of methoxy groups -OCH3 is 1. The number of carbonyl (C=O) groups is 2. The monoisotopic (exact) mass is 531 g/mol. The molecule has 4 aromatic carbocycles. The van der Waals surface area contributed by atoms with Gasteiger partial charge < -0.3 is 10.1 Å². The molecule has 1 N–H and O–H groups in total. The van der Waals surface area contributed by atoms with Crippen LogP contribution < -0.4 is 5.32 Å². The van der Waals surface area contributed by atoms with Gasteiger partial charge in [0, 0.05) is 12.8 Å². The third kappa shape index (κ3) is 6.37. The van der Waals surface area contributed by atoms with Gasteiger partial charge in [-0.15, -0.1) is 0 Å². The van der Waals surface area contributed by atoms with Gasteiger partial charge in [0.2, 0.25) is 5.91 Å². The van der Waals surface area contributed by atoms with Crippen LogP contribution in [0.1, 0.15) is 34.2 Å². The molecule has 4 rings (SSSR count). The molecule has 200 valence electrons. The van der Waals surface area contributed by atoms with E-state index in [9.17, 15) is 22.8 Å². The first-order valence-electron chi connectivity index (χ1n) is 12.4.